The zero-order chi connectivity index (χ0) is 21.6. The number of hydrogen-bond acceptors (Lipinski definition) is 5. The Bertz CT molecular complexity index is 867. The maximum atomic E-state index is 13.9. The molecule has 1 aliphatic heterocycles. The van der Waals surface area contributed by atoms with Crippen LogP contribution in [0, 0.1) is 5.82 Å². The van der Waals surface area contributed by atoms with Crippen molar-refractivity contribution in [1.82, 2.24) is 4.90 Å². The molecule has 0 radical (unpaired) electrons. The van der Waals surface area contributed by atoms with E-state index in [-0.39, 0.29) is 6.61 Å². The van der Waals surface area contributed by atoms with Gasteiger partial charge < -0.3 is 10.5 Å². The molecule has 160 valence electrons. The largest absolute Gasteiger partial charge is 0.466 e. The molecule has 2 aromatic carbocycles. The van der Waals surface area contributed by atoms with Crippen LogP contribution in [0.1, 0.15) is 31.7 Å². The molecule has 0 saturated carbocycles. The van der Waals surface area contributed by atoms with E-state index in [1.165, 1.54) is 28.7 Å². The number of esters is 1. The number of likely N-dealkylation sites (tertiary alicyclic amines) is 1. The van der Waals surface area contributed by atoms with Gasteiger partial charge in [0.05, 0.1) is 12.3 Å². The number of hydrogen-bond donors (Lipinski definition) is 1. The summed E-state index contributed by atoms with van der Waals surface area (Å²) in [5.41, 5.74) is 7.25. The van der Waals surface area contributed by atoms with Crippen LogP contribution in [0.5, 0.6) is 0 Å². The highest BCUT2D eigenvalue weighted by atomic mass is 19.1. The van der Waals surface area contributed by atoms with Crippen LogP contribution in [-0.2, 0) is 20.9 Å². The molecule has 0 bridgehead atoms. The second kappa shape index (κ2) is 9.82. The number of carbonyl (C=O) groups is 2. The lowest BCUT2D eigenvalue weighted by Crippen LogP contribution is -2.63. The molecule has 0 unspecified atom stereocenters. The average Bonchev–Trinajstić information content (AvgIpc) is 2.71. The van der Waals surface area contributed by atoms with Gasteiger partial charge in [0, 0.05) is 25.3 Å². The first kappa shape index (κ1) is 21.9. The molecule has 7 heteroatoms. The number of carbonyl (C=O) groups excluding carboxylic acids is 2. The van der Waals surface area contributed by atoms with E-state index in [0.717, 1.165) is 6.54 Å². The number of rotatable bonds is 7. The lowest BCUT2D eigenvalue weighted by molar-refractivity contribution is -0.145. The van der Waals surface area contributed by atoms with Gasteiger partial charge in [0.15, 0.2) is 0 Å². The van der Waals surface area contributed by atoms with Crippen LogP contribution in [-0.4, -0.2) is 42.1 Å². The van der Waals surface area contributed by atoms with Crippen molar-refractivity contribution in [1.29, 1.82) is 0 Å². The maximum Gasteiger partial charge on any atom is 0.315 e. The third-order valence-corrected chi connectivity index (χ3v) is 5.33. The summed E-state index contributed by atoms with van der Waals surface area (Å²) in [6, 6.07) is 15.9. The van der Waals surface area contributed by atoms with Crippen LogP contribution in [0.3, 0.4) is 0 Å². The van der Waals surface area contributed by atoms with Crippen LogP contribution in [0.4, 0.5) is 10.1 Å². The molecule has 0 atom stereocenters. The highest BCUT2D eigenvalue weighted by Crippen LogP contribution is 2.31. The summed E-state index contributed by atoms with van der Waals surface area (Å²) >= 11 is 0. The van der Waals surface area contributed by atoms with Crippen molar-refractivity contribution >= 4 is 17.6 Å². The van der Waals surface area contributed by atoms with E-state index in [1.54, 1.807) is 13.0 Å². The van der Waals surface area contributed by atoms with E-state index in [0.29, 0.717) is 31.6 Å². The first-order valence-corrected chi connectivity index (χ1v) is 10.2. The number of piperidine rings is 1. The van der Waals surface area contributed by atoms with Gasteiger partial charge in [-0.15, -0.1) is 0 Å². The number of ether oxygens (including phenoxy) is 1. The molecule has 2 aromatic rings. The lowest BCUT2D eigenvalue weighted by atomic mass is 9.94. The SMILES string of the molecule is CCOC(=O)CC(=O)N(c1cccc(F)c1)C1(N)CCN(Cc2ccccc2)CC1. The summed E-state index contributed by atoms with van der Waals surface area (Å²) in [4.78, 5) is 28.6. The Labute approximate surface area is 176 Å². The highest BCUT2D eigenvalue weighted by molar-refractivity contribution is 6.04. The molecular formula is C23H28FN3O3. The number of amides is 1. The topological polar surface area (TPSA) is 75.9 Å². The van der Waals surface area contributed by atoms with E-state index in [2.05, 4.69) is 17.0 Å². The van der Waals surface area contributed by atoms with Gasteiger partial charge in [-0.05, 0) is 43.5 Å². The first-order chi connectivity index (χ1) is 14.4. The van der Waals surface area contributed by atoms with Crippen LogP contribution in [0.2, 0.25) is 0 Å². The number of anilines is 1. The minimum absolute atomic E-state index is 0.189. The molecule has 0 aliphatic carbocycles. The summed E-state index contributed by atoms with van der Waals surface area (Å²) < 4.78 is 18.8. The molecule has 6 nitrogen and oxygen atoms in total. The summed E-state index contributed by atoms with van der Waals surface area (Å²) in [7, 11) is 0. The van der Waals surface area contributed by atoms with Crippen molar-refractivity contribution in [2.45, 2.75) is 38.4 Å². The number of nitrogens with zero attached hydrogens (tertiary/aromatic N) is 2. The van der Waals surface area contributed by atoms with Gasteiger partial charge in [-0.2, -0.15) is 0 Å². The minimum atomic E-state index is -1.01. The molecule has 0 spiro atoms. The zero-order valence-corrected chi connectivity index (χ0v) is 17.2. The smallest absolute Gasteiger partial charge is 0.315 e. The third kappa shape index (κ3) is 5.43. The minimum Gasteiger partial charge on any atom is -0.466 e. The van der Waals surface area contributed by atoms with E-state index >= 15 is 0 Å². The second-order valence-electron chi connectivity index (χ2n) is 7.56. The Morgan fingerprint density at radius 1 is 1.13 bits per heavy atom. The van der Waals surface area contributed by atoms with Crippen LogP contribution in [0.15, 0.2) is 54.6 Å². The summed E-state index contributed by atoms with van der Waals surface area (Å²) in [5.74, 6) is -1.57. The van der Waals surface area contributed by atoms with Crippen LogP contribution in [0.25, 0.3) is 0 Å². The normalized spacial score (nSPS) is 16.1. The fourth-order valence-corrected chi connectivity index (χ4v) is 3.84. The second-order valence-corrected chi connectivity index (χ2v) is 7.56. The molecule has 1 amide bonds. The molecule has 1 fully saturated rings. The standard InChI is InChI=1S/C23H28FN3O3/c1-2-30-22(29)16-21(28)27(20-10-6-9-19(24)15-20)23(25)11-13-26(14-12-23)17-18-7-4-3-5-8-18/h3-10,15H,2,11-14,16-17,25H2,1H3. The van der Waals surface area contributed by atoms with Gasteiger partial charge in [-0.3, -0.25) is 19.4 Å². The third-order valence-electron chi connectivity index (χ3n) is 5.33. The molecule has 0 aromatic heterocycles. The van der Waals surface area contributed by atoms with Crippen molar-refractivity contribution in [3.63, 3.8) is 0 Å². The Hall–Kier alpha value is -2.77. The van der Waals surface area contributed by atoms with Gasteiger partial charge in [-0.25, -0.2) is 4.39 Å². The summed E-state index contributed by atoms with van der Waals surface area (Å²) in [6.45, 7) is 4.04. The van der Waals surface area contributed by atoms with E-state index in [4.69, 9.17) is 10.5 Å². The molecule has 1 heterocycles. The fourth-order valence-electron chi connectivity index (χ4n) is 3.84. The van der Waals surface area contributed by atoms with Gasteiger partial charge >= 0.3 is 5.97 Å². The van der Waals surface area contributed by atoms with E-state index in [1.807, 2.05) is 18.2 Å². The fraction of sp³-hybridized carbons (Fsp3) is 0.391. The Balaban J connectivity index is 1.77. The van der Waals surface area contributed by atoms with E-state index in [9.17, 15) is 14.0 Å². The lowest BCUT2D eigenvalue weighted by Gasteiger charge is -2.46. The predicted octanol–water partition coefficient (Wildman–Crippen LogP) is 3.06. The monoisotopic (exact) mass is 413 g/mol. The Morgan fingerprint density at radius 2 is 1.83 bits per heavy atom. The first-order valence-electron chi connectivity index (χ1n) is 10.2. The van der Waals surface area contributed by atoms with Gasteiger partial charge in [-0.1, -0.05) is 36.4 Å². The number of benzene rings is 2. The van der Waals surface area contributed by atoms with Crippen molar-refractivity contribution in [2.75, 3.05) is 24.6 Å². The molecule has 1 saturated heterocycles. The van der Waals surface area contributed by atoms with Crippen LogP contribution >= 0.6 is 0 Å². The van der Waals surface area contributed by atoms with Gasteiger partial charge in [0.25, 0.3) is 0 Å². The van der Waals surface area contributed by atoms with Gasteiger partial charge in [0.2, 0.25) is 5.91 Å². The van der Waals surface area contributed by atoms with Gasteiger partial charge in [0.1, 0.15) is 12.2 Å². The van der Waals surface area contributed by atoms with Crippen molar-refractivity contribution < 1.29 is 18.7 Å². The summed E-state index contributed by atoms with van der Waals surface area (Å²) in [5, 5.41) is 0. The quantitative estimate of drug-likeness (QED) is 0.429. The van der Waals surface area contributed by atoms with E-state index < -0.39 is 29.8 Å². The molecule has 30 heavy (non-hydrogen) atoms. The number of nitrogens with two attached hydrogens (primary N) is 1. The average molecular weight is 413 g/mol. The predicted molar refractivity (Wildman–Crippen MR) is 113 cm³/mol. The van der Waals surface area contributed by atoms with Crippen molar-refractivity contribution in [2.24, 2.45) is 5.73 Å². The van der Waals surface area contributed by atoms with Crippen LogP contribution < -0.4 is 10.6 Å². The van der Waals surface area contributed by atoms with Crippen molar-refractivity contribution in [3.05, 3.63) is 66.0 Å². The number of halogens is 1. The summed E-state index contributed by atoms with van der Waals surface area (Å²) in [6.07, 6.45) is 0.576. The zero-order valence-electron chi connectivity index (χ0n) is 17.2. The Morgan fingerprint density at radius 3 is 2.47 bits per heavy atom. The van der Waals surface area contributed by atoms with Crippen molar-refractivity contribution in [3.8, 4) is 0 Å². The molecule has 1 aliphatic rings. The maximum absolute atomic E-state index is 13.9. The molecule has 3 rings (SSSR count). The molecule has 2 N–H and O–H groups in total. The molecular weight excluding hydrogens is 385 g/mol. The highest BCUT2D eigenvalue weighted by Gasteiger charge is 2.40. The Kier molecular flexibility index (Phi) is 7.18.